The topological polar surface area (TPSA) is 136 Å². The van der Waals surface area contributed by atoms with E-state index in [1.165, 1.54) is 14.0 Å². The number of carbonyl (C=O) groups is 2. The Labute approximate surface area is 225 Å². The van der Waals surface area contributed by atoms with Gasteiger partial charge in [-0.05, 0) is 48.5 Å². The third-order valence-corrected chi connectivity index (χ3v) is 7.33. The summed E-state index contributed by atoms with van der Waals surface area (Å²) < 4.78 is 71.9. The first-order chi connectivity index (χ1) is 19.0. The van der Waals surface area contributed by atoms with E-state index in [2.05, 4.69) is 30.6 Å². The van der Waals surface area contributed by atoms with Crippen molar-refractivity contribution in [1.82, 2.24) is 30.8 Å². The highest BCUT2D eigenvalue weighted by Gasteiger charge is 2.43. The Morgan fingerprint density at radius 3 is 2.65 bits per heavy atom. The van der Waals surface area contributed by atoms with Gasteiger partial charge in [-0.25, -0.2) is 32.0 Å². The highest BCUT2D eigenvalue weighted by Crippen LogP contribution is 2.42. The molecule has 1 aromatic carbocycles. The van der Waals surface area contributed by atoms with Crippen molar-refractivity contribution in [2.24, 2.45) is 5.92 Å². The Morgan fingerprint density at radius 2 is 1.98 bits per heavy atom. The summed E-state index contributed by atoms with van der Waals surface area (Å²) >= 11 is 0. The average Bonchev–Trinajstić information content (AvgIpc) is 3.53. The third kappa shape index (κ3) is 5.74. The minimum Gasteiger partial charge on any atom is -0.438 e. The molecule has 15 heteroatoms. The van der Waals surface area contributed by atoms with Gasteiger partial charge in [-0.1, -0.05) is 11.2 Å². The van der Waals surface area contributed by atoms with Crippen molar-refractivity contribution < 1.29 is 40.9 Å². The van der Waals surface area contributed by atoms with Crippen LogP contribution in [0.4, 0.5) is 22.4 Å². The standard InChI is InChI=1S/C25H28F4N6O5/c1-13-19(34-40-33-13)21(36)32-20(14-5-7-24(26,27)8-6-14)22-31-16-9-15(3-4-18(16)39-22)17(10-38-2)35-12-25(28,29)11-30-23(35)37/h3-4,9,14,17,20H,5-8,10-12H2,1-2H3,(H,30,37)(H,32,36)/t17-,20+/m1/s1. The molecule has 11 nitrogen and oxygen atoms in total. The number of hydrogen-bond acceptors (Lipinski definition) is 8. The Morgan fingerprint density at radius 1 is 1.23 bits per heavy atom. The zero-order chi connectivity index (χ0) is 28.7. The molecule has 2 aliphatic rings. The van der Waals surface area contributed by atoms with Crippen LogP contribution in [-0.2, 0) is 4.74 Å². The van der Waals surface area contributed by atoms with Gasteiger partial charge in [-0.2, -0.15) is 0 Å². The molecule has 3 heterocycles. The van der Waals surface area contributed by atoms with Crippen LogP contribution in [0.1, 0.15) is 65.4 Å². The molecule has 0 radical (unpaired) electrons. The van der Waals surface area contributed by atoms with Crippen LogP contribution in [-0.4, -0.2) is 70.8 Å². The van der Waals surface area contributed by atoms with E-state index in [0.29, 0.717) is 16.7 Å². The van der Waals surface area contributed by atoms with Gasteiger partial charge < -0.3 is 24.7 Å². The van der Waals surface area contributed by atoms with E-state index in [1.54, 1.807) is 18.2 Å². The lowest BCUT2D eigenvalue weighted by molar-refractivity contribution is -0.0510. The first-order valence-corrected chi connectivity index (χ1v) is 12.8. The highest BCUT2D eigenvalue weighted by molar-refractivity contribution is 5.93. The summed E-state index contributed by atoms with van der Waals surface area (Å²) in [6.45, 7) is -0.0548. The van der Waals surface area contributed by atoms with E-state index in [9.17, 15) is 27.2 Å². The summed E-state index contributed by atoms with van der Waals surface area (Å²) in [7, 11) is 1.40. The smallest absolute Gasteiger partial charge is 0.318 e. The van der Waals surface area contributed by atoms with Crippen LogP contribution in [0.25, 0.3) is 11.1 Å². The van der Waals surface area contributed by atoms with Gasteiger partial charge in [-0.3, -0.25) is 4.79 Å². The molecule has 0 unspecified atom stereocenters. The number of hydrogen-bond donors (Lipinski definition) is 2. The zero-order valence-electron chi connectivity index (χ0n) is 21.8. The summed E-state index contributed by atoms with van der Waals surface area (Å²) in [5.74, 6) is -6.85. The molecule has 2 N–H and O–H groups in total. The number of aromatic nitrogens is 3. The number of nitrogens with one attached hydrogen (secondary N) is 2. The number of amides is 3. The number of urea groups is 1. The van der Waals surface area contributed by atoms with Crippen molar-refractivity contribution in [2.45, 2.75) is 56.5 Å². The molecule has 1 aliphatic heterocycles. The van der Waals surface area contributed by atoms with Crippen molar-refractivity contribution in [3.8, 4) is 0 Å². The number of alkyl halides is 4. The number of methoxy groups -OCH3 is 1. The quantitative estimate of drug-likeness (QED) is 0.387. The number of halogens is 4. The monoisotopic (exact) mass is 568 g/mol. The molecule has 2 aromatic heterocycles. The van der Waals surface area contributed by atoms with Crippen LogP contribution in [0.5, 0.6) is 0 Å². The number of ether oxygens (including phenoxy) is 1. The highest BCUT2D eigenvalue weighted by atomic mass is 19.3. The molecule has 0 spiro atoms. The minimum atomic E-state index is -3.12. The average molecular weight is 569 g/mol. The maximum Gasteiger partial charge on any atom is 0.318 e. The molecule has 216 valence electrons. The molecule has 2 atom stereocenters. The first kappa shape index (κ1) is 27.8. The Hall–Kier alpha value is -3.75. The van der Waals surface area contributed by atoms with E-state index in [0.717, 1.165) is 4.90 Å². The van der Waals surface area contributed by atoms with Gasteiger partial charge in [0.2, 0.25) is 11.8 Å². The number of oxazole rings is 1. The summed E-state index contributed by atoms with van der Waals surface area (Å²) in [4.78, 5) is 31.0. The van der Waals surface area contributed by atoms with E-state index >= 15 is 0 Å². The zero-order valence-corrected chi connectivity index (χ0v) is 21.8. The number of rotatable bonds is 8. The summed E-state index contributed by atoms with van der Waals surface area (Å²) in [6.07, 6.45) is -0.460. The van der Waals surface area contributed by atoms with Crippen molar-refractivity contribution in [2.75, 3.05) is 26.8 Å². The van der Waals surface area contributed by atoms with Gasteiger partial charge in [0.25, 0.3) is 11.8 Å². The molecule has 3 aromatic rings. The molecule has 3 amide bonds. The van der Waals surface area contributed by atoms with Crippen molar-refractivity contribution in [3.63, 3.8) is 0 Å². The van der Waals surface area contributed by atoms with Crippen molar-refractivity contribution in [1.29, 1.82) is 0 Å². The summed E-state index contributed by atoms with van der Waals surface area (Å²) in [5.41, 5.74) is 1.33. The predicted octanol–water partition coefficient (Wildman–Crippen LogP) is 4.16. The molecule has 0 bridgehead atoms. The normalized spacial score (nSPS) is 20.8. The lowest BCUT2D eigenvalue weighted by Gasteiger charge is -2.38. The number of benzene rings is 1. The minimum absolute atomic E-state index is 0.0523. The van der Waals surface area contributed by atoms with Gasteiger partial charge in [0.05, 0.1) is 25.7 Å². The van der Waals surface area contributed by atoms with Gasteiger partial charge in [-0.15, -0.1) is 0 Å². The molecular weight excluding hydrogens is 540 g/mol. The van der Waals surface area contributed by atoms with Crippen LogP contribution in [0.3, 0.4) is 0 Å². The molecule has 1 aliphatic carbocycles. The van der Waals surface area contributed by atoms with E-state index in [-0.39, 0.29) is 49.6 Å². The molecule has 2 fully saturated rings. The second-order valence-corrected chi connectivity index (χ2v) is 10.2. The SMILES string of the molecule is COC[C@H](c1ccc2oc([C@@H](NC(=O)c3nonc3C)C3CCC(F)(F)CC3)nc2c1)N1CC(F)(F)CNC1=O. The van der Waals surface area contributed by atoms with Crippen LogP contribution >= 0.6 is 0 Å². The molecule has 1 saturated heterocycles. The van der Waals surface area contributed by atoms with Gasteiger partial charge >= 0.3 is 6.03 Å². The second kappa shape index (κ2) is 10.7. The molecule has 1 saturated carbocycles. The fourth-order valence-corrected chi connectivity index (χ4v) is 5.19. The molecule has 40 heavy (non-hydrogen) atoms. The fourth-order valence-electron chi connectivity index (χ4n) is 5.19. The maximum absolute atomic E-state index is 14.1. The van der Waals surface area contributed by atoms with E-state index in [4.69, 9.17) is 9.15 Å². The number of nitrogens with zero attached hydrogens (tertiary/aromatic N) is 4. The first-order valence-electron chi connectivity index (χ1n) is 12.8. The van der Waals surface area contributed by atoms with Crippen molar-refractivity contribution >= 4 is 23.0 Å². The molecule has 5 rings (SSSR count). The Balaban J connectivity index is 1.46. The lowest BCUT2D eigenvalue weighted by atomic mass is 9.82. The third-order valence-electron chi connectivity index (χ3n) is 7.33. The lowest BCUT2D eigenvalue weighted by Crippen LogP contribution is -2.58. The van der Waals surface area contributed by atoms with Crippen LogP contribution in [0.2, 0.25) is 0 Å². The predicted molar refractivity (Wildman–Crippen MR) is 130 cm³/mol. The van der Waals surface area contributed by atoms with Gasteiger partial charge in [0.15, 0.2) is 11.3 Å². The van der Waals surface area contributed by atoms with Crippen LogP contribution < -0.4 is 10.6 Å². The summed E-state index contributed by atoms with van der Waals surface area (Å²) in [5, 5.41) is 12.2. The van der Waals surface area contributed by atoms with Crippen molar-refractivity contribution in [3.05, 3.63) is 41.0 Å². The van der Waals surface area contributed by atoms with Crippen LogP contribution in [0, 0.1) is 12.8 Å². The number of carbonyl (C=O) groups excluding carboxylic acids is 2. The van der Waals surface area contributed by atoms with Crippen LogP contribution in [0.15, 0.2) is 27.2 Å². The summed E-state index contributed by atoms with van der Waals surface area (Å²) in [6, 6.07) is 2.41. The second-order valence-electron chi connectivity index (χ2n) is 10.2. The molecular formula is C25H28F4N6O5. The maximum atomic E-state index is 14.1. The van der Waals surface area contributed by atoms with Gasteiger partial charge in [0.1, 0.15) is 17.3 Å². The fraction of sp³-hybridized carbons (Fsp3) is 0.560. The van der Waals surface area contributed by atoms with E-state index in [1.807, 2.05) is 0 Å². The Bertz CT molecular complexity index is 1380. The number of aryl methyl sites for hydroxylation is 1. The Kier molecular flexibility index (Phi) is 7.42. The number of fused-ring (bicyclic) bond motifs is 1. The van der Waals surface area contributed by atoms with Gasteiger partial charge in [0, 0.05) is 20.0 Å². The van der Waals surface area contributed by atoms with E-state index < -0.39 is 54.9 Å². The largest absolute Gasteiger partial charge is 0.438 e.